The lowest BCUT2D eigenvalue weighted by atomic mass is 10.1. The zero-order chi connectivity index (χ0) is 43.2. The van der Waals surface area contributed by atoms with Crippen LogP contribution < -0.4 is 0 Å². The van der Waals surface area contributed by atoms with E-state index in [1.54, 1.807) is 0 Å². The summed E-state index contributed by atoms with van der Waals surface area (Å²) in [6.45, 7) is 0. The molecule has 0 saturated heterocycles. The normalized spacial score (nSPS) is 10.5. The van der Waals surface area contributed by atoms with E-state index in [1.807, 2.05) is 170 Å². The van der Waals surface area contributed by atoms with E-state index in [1.165, 1.54) is 0 Å². The summed E-state index contributed by atoms with van der Waals surface area (Å²) in [5.74, 6) is 51.1. The predicted octanol–water partition coefficient (Wildman–Crippen LogP) is 8.78. The highest BCUT2D eigenvalue weighted by Crippen LogP contribution is 2.10. The standard InChI is InChI=1S/C60H28N4/c1-9-45-25-33-53-17-5-19-55(61-53)35-27-47-11-2-13-49(42-47)29-37-57-21-7-23-59(63-57)39-31-51-15-4-16-52(44-51)32-40-60-24-8-22-58(64-60)38-30-50-14-3-12-48(43-50)28-36-56-20-6-18-54(62-56)34-26-46(10-1)41-45/h1-24,41-44H. The summed E-state index contributed by atoms with van der Waals surface area (Å²) < 4.78 is 0. The number of pyridine rings is 4. The summed E-state index contributed by atoms with van der Waals surface area (Å²) in [4.78, 5) is 18.7. The van der Waals surface area contributed by atoms with Crippen LogP contribution in [0, 0.1) is 94.7 Å². The first-order chi connectivity index (χ1) is 31.6. The van der Waals surface area contributed by atoms with E-state index in [0.29, 0.717) is 45.6 Å². The second kappa shape index (κ2) is 19.4. The topological polar surface area (TPSA) is 51.6 Å². The van der Waals surface area contributed by atoms with Gasteiger partial charge in [0.2, 0.25) is 0 Å². The van der Waals surface area contributed by atoms with Crippen LogP contribution in [0.5, 0.6) is 0 Å². The fourth-order valence-corrected chi connectivity index (χ4v) is 6.08. The molecule has 0 unspecified atom stereocenters. The Morgan fingerprint density at radius 2 is 0.312 bits per heavy atom. The summed E-state index contributed by atoms with van der Waals surface area (Å²) in [6, 6.07) is 53.6. The molecule has 8 aromatic rings. The van der Waals surface area contributed by atoms with Crippen molar-refractivity contribution < 1.29 is 0 Å². The highest BCUT2D eigenvalue weighted by atomic mass is 14.7. The lowest BCUT2D eigenvalue weighted by molar-refractivity contribution is 1.25. The van der Waals surface area contributed by atoms with Crippen molar-refractivity contribution in [3.05, 3.63) is 260 Å². The van der Waals surface area contributed by atoms with Gasteiger partial charge in [0.1, 0.15) is 45.6 Å². The molecule has 1 aliphatic rings. The zero-order valence-electron chi connectivity index (χ0n) is 34.0. The molecule has 4 aromatic heterocycles. The van der Waals surface area contributed by atoms with Crippen molar-refractivity contribution >= 4 is 0 Å². The van der Waals surface area contributed by atoms with Crippen LogP contribution in [0.15, 0.2) is 170 Å². The van der Waals surface area contributed by atoms with Gasteiger partial charge in [-0.25, -0.2) is 19.9 Å². The van der Waals surface area contributed by atoms with Crippen molar-refractivity contribution in [3.8, 4) is 94.7 Å². The summed E-state index contributed by atoms with van der Waals surface area (Å²) in [5.41, 5.74) is 11.4. The van der Waals surface area contributed by atoms with Gasteiger partial charge in [-0.2, -0.15) is 0 Å². The molecule has 9 rings (SSSR count). The molecule has 1 aliphatic heterocycles. The molecule has 0 N–H and O–H groups in total. The maximum absolute atomic E-state index is 4.66. The molecule has 4 nitrogen and oxygen atoms in total. The van der Waals surface area contributed by atoms with Gasteiger partial charge in [0.25, 0.3) is 0 Å². The molecule has 0 aliphatic carbocycles. The van der Waals surface area contributed by atoms with E-state index in [2.05, 4.69) is 115 Å². The zero-order valence-corrected chi connectivity index (χ0v) is 34.0. The van der Waals surface area contributed by atoms with Crippen LogP contribution in [0.1, 0.15) is 90.1 Å². The summed E-state index contributed by atoms with van der Waals surface area (Å²) in [5, 5.41) is 0. The molecule has 5 heterocycles. The van der Waals surface area contributed by atoms with Crippen molar-refractivity contribution in [2.45, 2.75) is 0 Å². The predicted molar refractivity (Wildman–Crippen MR) is 251 cm³/mol. The van der Waals surface area contributed by atoms with Crippen LogP contribution in [-0.2, 0) is 0 Å². The lowest BCUT2D eigenvalue weighted by Gasteiger charge is -1.96. The Bertz CT molecular complexity index is 2760. The van der Waals surface area contributed by atoms with Gasteiger partial charge in [-0.1, -0.05) is 95.9 Å². The number of nitrogens with zero attached hydrogens (tertiary/aromatic N) is 4. The van der Waals surface area contributed by atoms with Crippen LogP contribution in [0.3, 0.4) is 0 Å². The largest absolute Gasteiger partial charge is 0.231 e. The fraction of sp³-hybridized carbons (Fsp3) is 0. The van der Waals surface area contributed by atoms with Gasteiger partial charge in [-0.3, -0.25) is 0 Å². The van der Waals surface area contributed by atoms with Gasteiger partial charge in [0, 0.05) is 44.5 Å². The highest BCUT2D eigenvalue weighted by molar-refractivity contribution is 5.53. The van der Waals surface area contributed by atoms with Crippen LogP contribution >= 0.6 is 0 Å². The minimum atomic E-state index is 0.611. The number of rotatable bonds is 0. The molecule has 0 radical (unpaired) electrons. The first-order valence-electron chi connectivity index (χ1n) is 20.1. The second-order valence-corrected chi connectivity index (χ2v) is 14.0. The monoisotopic (exact) mass is 804 g/mol. The molecule has 4 aromatic carbocycles. The van der Waals surface area contributed by atoms with E-state index in [0.717, 1.165) is 44.5 Å². The Morgan fingerprint density at radius 1 is 0.172 bits per heavy atom. The fourth-order valence-electron chi connectivity index (χ4n) is 6.08. The molecule has 0 fully saturated rings. The molecule has 16 bridgehead atoms. The Hall–Kier alpha value is -10.0. The van der Waals surface area contributed by atoms with Crippen molar-refractivity contribution in [1.82, 2.24) is 19.9 Å². The van der Waals surface area contributed by atoms with Gasteiger partial charge in [0.05, 0.1) is 0 Å². The number of hydrogen-bond donors (Lipinski definition) is 0. The van der Waals surface area contributed by atoms with E-state index < -0.39 is 0 Å². The van der Waals surface area contributed by atoms with Gasteiger partial charge in [-0.15, -0.1) is 0 Å². The second-order valence-electron chi connectivity index (χ2n) is 14.0. The number of aromatic nitrogens is 4. The van der Waals surface area contributed by atoms with Crippen molar-refractivity contribution in [1.29, 1.82) is 0 Å². The molecule has 0 saturated carbocycles. The SMILES string of the molecule is C1#Cc2cccc(n2)C#Cc2cccc(c2)C#Cc2cccc(n2)C#Cc2cccc(c2)C#Cc2cccc(n2)C#Cc2cccc(c2)C#Cc2cccc(n2)C#Cc2cccc1c2. The number of fused-ring (bicyclic) bond motifs is 16. The molecule has 0 amide bonds. The molecule has 0 atom stereocenters. The minimum absolute atomic E-state index is 0.611. The average molecular weight is 805 g/mol. The van der Waals surface area contributed by atoms with E-state index in [-0.39, 0.29) is 0 Å². The molecular weight excluding hydrogens is 777 g/mol. The van der Waals surface area contributed by atoms with E-state index in [9.17, 15) is 0 Å². The summed E-state index contributed by atoms with van der Waals surface area (Å²) in [7, 11) is 0. The van der Waals surface area contributed by atoms with Crippen LogP contribution in [-0.4, -0.2) is 19.9 Å². The van der Waals surface area contributed by atoms with Crippen LogP contribution in [0.25, 0.3) is 0 Å². The molecule has 288 valence electrons. The first-order valence-corrected chi connectivity index (χ1v) is 20.1. The molecule has 0 spiro atoms. The number of hydrogen-bond acceptors (Lipinski definition) is 4. The summed E-state index contributed by atoms with van der Waals surface area (Å²) >= 11 is 0. The molecular formula is C60H28N4. The van der Waals surface area contributed by atoms with Gasteiger partial charge >= 0.3 is 0 Å². The third kappa shape index (κ3) is 11.2. The van der Waals surface area contributed by atoms with Crippen molar-refractivity contribution in [2.75, 3.05) is 0 Å². The molecule has 64 heavy (non-hydrogen) atoms. The Morgan fingerprint density at radius 3 is 0.469 bits per heavy atom. The average Bonchev–Trinajstić information content (AvgIpc) is 3.34. The third-order valence-corrected chi connectivity index (χ3v) is 9.13. The Kier molecular flexibility index (Phi) is 11.9. The Balaban J connectivity index is 1.04. The highest BCUT2D eigenvalue weighted by Gasteiger charge is 1.99. The van der Waals surface area contributed by atoms with Crippen LogP contribution in [0.4, 0.5) is 0 Å². The first kappa shape index (κ1) is 39.4. The third-order valence-electron chi connectivity index (χ3n) is 9.13. The van der Waals surface area contributed by atoms with Crippen molar-refractivity contribution in [2.24, 2.45) is 0 Å². The maximum atomic E-state index is 4.66. The number of benzene rings is 4. The van der Waals surface area contributed by atoms with Crippen molar-refractivity contribution in [3.63, 3.8) is 0 Å². The van der Waals surface area contributed by atoms with Gasteiger partial charge in [-0.05, 0) is 169 Å². The lowest BCUT2D eigenvalue weighted by Crippen LogP contribution is -1.88. The summed E-state index contributed by atoms with van der Waals surface area (Å²) in [6.07, 6.45) is 0. The van der Waals surface area contributed by atoms with Gasteiger partial charge in [0.15, 0.2) is 0 Å². The van der Waals surface area contributed by atoms with E-state index >= 15 is 0 Å². The van der Waals surface area contributed by atoms with Crippen LogP contribution in [0.2, 0.25) is 0 Å². The van der Waals surface area contributed by atoms with E-state index in [4.69, 9.17) is 0 Å². The van der Waals surface area contributed by atoms with Gasteiger partial charge < -0.3 is 0 Å². The smallest absolute Gasteiger partial charge is 0.115 e. The maximum Gasteiger partial charge on any atom is 0.115 e. The molecule has 4 heteroatoms. The minimum Gasteiger partial charge on any atom is -0.231 e. The quantitative estimate of drug-likeness (QED) is 0.144. The Labute approximate surface area is 373 Å².